The predicted octanol–water partition coefficient (Wildman–Crippen LogP) is 0.946. The fourth-order valence-electron chi connectivity index (χ4n) is 2.73. The molecule has 1 fully saturated rings. The van der Waals surface area contributed by atoms with Crippen molar-refractivity contribution in [3.63, 3.8) is 0 Å². The first-order valence-corrected chi connectivity index (χ1v) is 8.73. The van der Waals surface area contributed by atoms with E-state index in [-0.39, 0.29) is 4.90 Å². The van der Waals surface area contributed by atoms with Gasteiger partial charge in [0.2, 0.25) is 10.0 Å². The van der Waals surface area contributed by atoms with Crippen LogP contribution < -0.4 is 10.5 Å². The first-order chi connectivity index (χ1) is 9.53. The molecule has 114 valence electrons. The van der Waals surface area contributed by atoms with E-state index in [1.165, 1.54) is 31.7 Å². The molecule has 1 heterocycles. The number of nitrogens with zero attached hydrogens (tertiary/aromatic N) is 2. The summed E-state index contributed by atoms with van der Waals surface area (Å²) in [6.45, 7) is 3.69. The summed E-state index contributed by atoms with van der Waals surface area (Å²) in [5, 5.41) is 4.00. The molecule has 3 N–H and O–H groups in total. The average molecular weight is 300 g/mol. The van der Waals surface area contributed by atoms with Gasteiger partial charge in [-0.1, -0.05) is 26.2 Å². The van der Waals surface area contributed by atoms with Gasteiger partial charge in [0.15, 0.2) is 0 Å². The summed E-state index contributed by atoms with van der Waals surface area (Å²) in [5.41, 5.74) is 5.42. The molecule has 1 saturated carbocycles. The Morgan fingerprint density at radius 3 is 2.90 bits per heavy atom. The Bertz CT molecular complexity index is 526. The normalized spacial score (nSPS) is 23.9. The van der Waals surface area contributed by atoms with Crippen LogP contribution in [0.5, 0.6) is 0 Å². The van der Waals surface area contributed by atoms with Crippen LogP contribution in [0.2, 0.25) is 0 Å². The van der Waals surface area contributed by atoms with Crippen LogP contribution >= 0.6 is 0 Å². The maximum absolute atomic E-state index is 12.2. The van der Waals surface area contributed by atoms with Crippen LogP contribution in [0.1, 0.15) is 32.6 Å². The fraction of sp³-hybridized carbons (Fsp3) is 0.769. The Hall–Kier alpha value is -0.920. The highest BCUT2D eigenvalue weighted by atomic mass is 32.2. The number of rotatable bonds is 6. The van der Waals surface area contributed by atoms with Gasteiger partial charge in [0.1, 0.15) is 4.90 Å². The van der Waals surface area contributed by atoms with Gasteiger partial charge in [-0.25, -0.2) is 13.1 Å². The van der Waals surface area contributed by atoms with Crippen LogP contribution in [0.25, 0.3) is 0 Å². The van der Waals surface area contributed by atoms with Gasteiger partial charge in [0.25, 0.3) is 0 Å². The lowest BCUT2D eigenvalue weighted by Crippen LogP contribution is -2.33. The van der Waals surface area contributed by atoms with E-state index in [1.807, 2.05) is 0 Å². The Balaban J connectivity index is 1.95. The molecule has 0 amide bonds. The van der Waals surface area contributed by atoms with E-state index in [9.17, 15) is 8.42 Å². The number of hydrogen-bond acceptors (Lipinski definition) is 4. The van der Waals surface area contributed by atoms with Gasteiger partial charge in [0, 0.05) is 19.3 Å². The maximum atomic E-state index is 12.2. The van der Waals surface area contributed by atoms with Gasteiger partial charge in [-0.05, 0) is 18.3 Å². The molecular formula is C13H24N4O2S. The molecule has 1 aromatic rings. The molecule has 7 heteroatoms. The van der Waals surface area contributed by atoms with E-state index >= 15 is 0 Å². The summed E-state index contributed by atoms with van der Waals surface area (Å²) < 4.78 is 28.7. The number of sulfonamides is 1. The van der Waals surface area contributed by atoms with E-state index in [2.05, 4.69) is 16.7 Å². The minimum absolute atomic E-state index is 0.217. The Morgan fingerprint density at radius 1 is 1.45 bits per heavy atom. The van der Waals surface area contributed by atoms with Crippen molar-refractivity contribution in [1.82, 2.24) is 14.5 Å². The zero-order valence-electron chi connectivity index (χ0n) is 12.0. The Labute approximate surface area is 120 Å². The lowest BCUT2D eigenvalue weighted by molar-refractivity contribution is 0.257. The van der Waals surface area contributed by atoms with Crippen LogP contribution in [-0.2, 0) is 16.6 Å². The zero-order valence-corrected chi connectivity index (χ0v) is 12.8. The van der Waals surface area contributed by atoms with Gasteiger partial charge in [-0.2, -0.15) is 5.10 Å². The van der Waals surface area contributed by atoms with Crippen LogP contribution in [0.15, 0.2) is 17.3 Å². The first kappa shape index (κ1) is 15.5. The van der Waals surface area contributed by atoms with Crippen LogP contribution in [0, 0.1) is 11.8 Å². The minimum atomic E-state index is -3.45. The van der Waals surface area contributed by atoms with Crippen molar-refractivity contribution in [1.29, 1.82) is 0 Å². The van der Waals surface area contributed by atoms with Gasteiger partial charge in [-0.15, -0.1) is 0 Å². The monoisotopic (exact) mass is 300 g/mol. The standard InChI is InChI=1S/C13H24N4O2S/c1-11-4-2-3-5-12(11)8-16-20(18,19)13-9-15-17(10-13)7-6-14/h9-12,16H,2-8,14H2,1H3. The van der Waals surface area contributed by atoms with Crippen molar-refractivity contribution < 1.29 is 8.42 Å². The summed E-state index contributed by atoms with van der Waals surface area (Å²) >= 11 is 0. The van der Waals surface area contributed by atoms with Gasteiger partial charge in [0.05, 0.1) is 12.7 Å². The molecule has 6 nitrogen and oxygen atoms in total. The summed E-state index contributed by atoms with van der Waals surface area (Å²) in [4.78, 5) is 0.217. The third-order valence-electron chi connectivity index (χ3n) is 4.10. The molecule has 0 spiro atoms. The molecule has 1 aromatic heterocycles. The van der Waals surface area contributed by atoms with E-state index in [4.69, 9.17) is 5.73 Å². The highest BCUT2D eigenvalue weighted by Gasteiger charge is 2.24. The average Bonchev–Trinajstić information content (AvgIpc) is 2.88. The lowest BCUT2D eigenvalue weighted by atomic mass is 9.81. The van der Waals surface area contributed by atoms with Crippen molar-refractivity contribution >= 4 is 10.0 Å². The molecule has 2 rings (SSSR count). The van der Waals surface area contributed by atoms with Crippen molar-refractivity contribution in [2.75, 3.05) is 13.1 Å². The molecular weight excluding hydrogens is 276 g/mol. The van der Waals surface area contributed by atoms with Gasteiger partial charge in [-0.3, -0.25) is 4.68 Å². The van der Waals surface area contributed by atoms with Crippen LogP contribution in [0.4, 0.5) is 0 Å². The smallest absolute Gasteiger partial charge is 0.243 e. The zero-order chi connectivity index (χ0) is 14.6. The molecule has 0 bridgehead atoms. The third-order valence-corrected chi connectivity index (χ3v) is 5.48. The molecule has 1 aliphatic rings. The molecule has 20 heavy (non-hydrogen) atoms. The lowest BCUT2D eigenvalue weighted by Gasteiger charge is -2.28. The minimum Gasteiger partial charge on any atom is -0.329 e. The summed E-state index contributed by atoms with van der Waals surface area (Å²) in [6, 6.07) is 0. The molecule has 0 saturated heterocycles. The fourth-order valence-corrected chi connectivity index (χ4v) is 3.78. The maximum Gasteiger partial charge on any atom is 0.243 e. The van der Waals surface area contributed by atoms with Crippen molar-refractivity contribution in [3.05, 3.63) is 12.4 Å². The second kappa shape index (κ2) is 6.69. The van der Waals surface area contributed by atoms with E-state index in [1.54, 1.807) is 4.68 Å². The molecule has 0 aliphatic heterocycles. The SMILES string of the molecule is CC1CCCCC1CNS(=O)(=O)c1cnn(CCN)c1. The molecule has 0 radical (unpaired) electrons. The number of nitrogens with two attached hydrogens (primary N) is 1. The van der Waals surface area contributed by atoms with Crippen molar-refractivity contribution in [3.8, 4) is 0 Å². The third kappa shape index (κ3) is 3.80. The number of hydrogen-bond donors (Lipinski definition) is 2. The topological polar surface area (TPSA) is 90.0 Å². The van der Waals surface area contributed by atoms with Crippen molar-refractivity contribution in [2.45, 2.75) is 44.0 Å². The first-order valence-electron chi connectivity index (χ1n) is 7.25. The highest BCUT2D eigenvalue weighted by molar-refractivity contribution is 7.89. The van der Waals surface area contributed by atoms with E-state index in [0.29, 0.717) is 31.5 Å². The van der Waals surface area contributed by atoms with E-state index in [0.717, 1.165) is 6.42 Å². The van der Waals surface area contributed by atoms with Crippen LogP contribution in [0.3, 0.4) is 0 Å². The highest BCUT2D eigenvalue weighted by Crippen LogP contribution is 2.29. The number of nitrogens with one attached hydrogen (secondary N) is 1. The van der Waals surface area contributed by atoms with Gasteiger partial charge < -0.3 is 5.73 Å². The molecule has 2 atom stereocenters. The largest absolute Gasteiger partial charge is 0.329 e. The second-order valence-electron chi connectivity index (χ2n) is 5.60. The predicted molar refractivity (Wildman–Crippen MR) is 77.6 cm³/mol. The van der Waals surface area contributed by atoms with E-state index < -0.39 is 10.0 Å². The summed E-state index contributed by atoms with van der Waals surface area (Å²) in [7, 11) is -3.45. The summed E-state index contributed by atoms with van der Waals surface area (Å²) in [6.07, 6.45) is 7.67. The quantitative estimate of drug-likeness (QED) is 0.818. The Morgan fingerprint density at radius 2 is 2.20 bits per heavy atom. The van der Waals surface area contributed by atoms with Gasteiger partial charge >= 0.3 is 0 Å². The second-order valence-corrected chi connectivity index (χ2v) is 7.37. The molecule has 0 aromatic carbocycles. The molecule has 2 unspecified atom stereocenters. The van der Waals surface area contributed by atoms with Crippen LogP contribution in [-0.4, -0.2) is 31.3 Å². The Kier molecular flexibility index (Phi) is 5.17. The number of aromatic nitrogens is 2. The van der Waals surface area contributed by atoms with Crippen molar-refractivity contribution in [2.24, 2.45) is 17.6 Å². The molecule has 1 aliphatic carbocycles. The summed E-state index contributed by atoms with van der Waals surface area (Å²) in [5.74, 6) is 1.03.